The third-order valence-corrected chi connectivity index (χ3v) is 3.32. The number of carbonyl (C=O) groups excluding carboxylic acids is 1. The molecular formula is C13H28N2O. The number of rotatable bonds is 7. The van der Waals surface area contributed by atoms with E-state index in [4.69, 9.17) is 0 Å². The van der Waals surface area contributed by atoms with Crippen LogP contribution in [0, 0.1) is 5.92 Å². The highest BCUT2D eigenvalue weighted by Crippen LogP contribution is 2.11. The Morgan fingerprint density at radius 3 is 1.62 bits per heavy atom. The Morgan fingerprint density at radius 2 is 1.31 bits per heavy atom. The van der Waals surface area contributed by atoms with Crippen LogP contribution < -0.4 is 0 Å². The molecule has 16 heavy (non-hydrogen) atoms. The zero-order valence-electron chi connectivity index (χ0n) is 11.6. The maximum Gasteiger partial charge on any atom is 0.319 e. The second-order valence-corrected chi connectivity index (χ2v) is 4.18. The lowest BCUT2D eigenvalue weighted by atomic mass is 10.0. The highest BCUT2D eigenvalue weighted by Gasteiger charge is 2.19. The van der Waals surface area contributed by atoms with Crippen LogP contribution in [0.2, 0.25) is 0 Å². The van der Waals surface area contributed by atoms with E-state index in [9.17, 15) is 4.79 Å². The van der Waals surface area contributed by atoms with Gasteiger partial charge in [0.1, 0.15) is 0 Å². The molecule has 0 aliphatic rings. The molecule has 0 saturated carbocycles. The standard InChI is InChI=1S/C13H28N2O/c1-6-12(7-2)11-15(10-5)13(16)14(8-3)9-4/h12H,6-11H2,1-5H3. The lowest BCUT2D eigenvalue weighted by Gasteiger charge is -2.30. The van der Waals surface area contributed by atoms with Crippen molar-refractivity contribution in [1.29, 1.82) is 0 Å². The normalized spacial score (nSPS) is 10.6. The molecule has 0 rings (SSSR count). The summed E-state index contributed by atoms with van der Waals surface area (Å²) in [5.41, 5.74) is 0. The number of nitrogens with zero attached hydrogens (tertiary/aromatic N) is 2. The first kappa shape index (κ1) is 15.3. The molecule has 0 radical (unpaired) electrons. The van der Waals surface area contributed by atoms with Gasteiger partial charge in [0, 0.05) is 26.2 Å². The molecule has 0 aromatic carbocycles. The van der Waals surface area contributed by atoms with Crippen molar-refractivity contribution < 1.29 is 4.79 Å². The highest BCUT2D eigenvalue weighted by molar-refractivity contribution is 5.74. The minimum absolute atomic E-state index is 0.194. The van der Waals surface area contributed by atoms with Crippen LogP contribution in [0.15, 0.2) is 0 Å². The zero-order valence-corrected chi connectivity index (χ0v) is 11.6. The molecule has 0 spiro atoms. The summed E-state index contributed by atoms with van der Waals surface area (Å²) in [6, 6.07) is 0.194. The minimum Gasteiger partial charge on any atom is -0.325 e. The van der Waals surface area contributed by atoms with Crippen LogP contribution in [-0.4, -0.2) is 42.0 Å². The van der Waals surface area contributed by atoms with Crippen molar-refractivity contribution in [3.05, 3.63) is 0 Å². The molecule has 2 amide bonds. The molecule has 0 aromatic heterocycles. The lowest BCUT2D eigenvalue weighted by Crippen LogP contribution is -2.44. The number of hydrogen-bond donors (Lipinski definition) is 0. The van der Waals surface area contributed by atoms with Gasteiger partial charge in [-0.2, -0.15) is 0 Å². The molecule has 0 aliphatic heterocycles. The second kappa shape index (κ2) is 8.43. The van der Waals surface area contributed by atoms with Gasteiger partial charge in [-0.15, -0.1) is 0 Å². The van der Waals surface area contributed by atoms with E-state index >= 15 is 0 Å². The Hall–Kier alpha value is -0.730. The van der Waals surface area contributed by atoms with E-state index in [0.717, 1.165) is 39.0 Å². The number of hydrogen-bond acceptors (Lipinski definition) is 1. The lowest BCUT2D eigenvalue weighted by molar-refractivity contribution is 0.150. The van der Waals surface area contributed by atoms with Gasteiger partial charge in [0.25, 0.3) is 0 Å². The van der Waals surface area contributed by atoms with Crippen molar-refractivity contribution in [3.8, 4) is 0 Å². The summed E-state index contributed by atoms with van der Waals surface area (Å²) in [5, 5.41) is 0. The third-order valence-electron chi connectivity index (χ3n) is 3.32. The average Bonchev–Trinajstić information content (AvgIpc) is 2.32. The van der Waals surface area contributed by atoms with Gasteiger partial charge in [-0.05, 0) is 26.7 Å². The van der Waals surface area contributed by atoms with E-state index in [0.29, 0.717) is 5.92 Å². The Bertz CT molecular complexity index is 186. The number of amides is 2. The van der Waals surface area contributed by atoms with Crippen molar-refractivity contribution in [3.63, 3.8) is 0 Å². The zero-order chi connectivity index (χ0) is 12.6. The first-order chi connectivity index (χ1) is 7.64. The van der Waals surface area contributed by atoms with Crippen molar-refractivity contribution in [2.24, 2.45) is 5.92 Å². The van der Waals surface area contributed by atoms with Crippen LogP contribution in [0.25, 0.3) is 0 Å². The van der Waals surface area contributed by atoms with Crippen LogP contribution in [-0.2, 0) is 0 Å². The molecule has 0 saturated heterocycles. The van der Waals surface area contributed by atoms with Gasteiger partial charge < -0.3 is 9.80 Å². The van der Waals surface area contributed by atoms with Crippen molar-refractivity contribution in [2.45, 2.75) is 47.5 Å². The minimum atomic E-state index is 0.194. The monoisotopic (exact) mass is 228 g/mol. The molecule has 96 valence electrons. The van der Waals surface area contributed by atoms with Crippen LogP contribution in [0.1, 0.15) is 47.5 Å². The van der Waals surface area contributed by atoms with E-state index in [1.54, 1.807) is 0 Å². The molecule has 0 aliphatic carbocycles. The molecule has 3 nitrogen and oxygen atoms in total. The fourth-order valence-electron chi connectivity index (χ4n) is 1.90. The summed E-state index contributed by atoms with van der Waals surface area (Å²) < 4.78 is 0. The molecular weight excluding hydrogens is 200 g/mol. The molecule has 0 bridgehead atoms. The largest absolute Gasteiger partial charge is 0.325 e. The SMILES string of the molecule is CCC(CC)CN(CC)C(=O)N(CC)CC. The van der Waals surface area contributed by atoms with Gasteiger partial charge in [-0.25, -0.2) is 4.79 Å². The molecule has 0 unspecified atom stereocenters. The van der Waals surface area contributed by atoms with Crippen LogP contribution >= 0.6 is 0 Å². The summed E-state index contributed by atoms with van der Waals surface area (Å²) in [6.07, 6.45) is 2.30. The second-order valence-electron chi connectivity index (χ2n) is 4.18. The Morgan fingerprint density at radius 1 is 0.875 bits per heavy atom. The topological polar surface area (TPSA) is 23.6 Å². The van der Waals surface area contributed by atoms with E-state index < -0.39 is 0 Å². The molecule has 3 heteroatoms. The Kier molecular flexibility index (Phi) is 8.04. The molecule has 0 heterocycles. The van der Waals surface area contributed by atoms with Crippen molar-refractivity contribution in [2.75, 3.05) is 26.2 Å². The molecule has 0 aromatic rings. The van der Waals surface area contributed by atoms with Gasteiger partial charge in [0.2, 0.25) is 0 Å². The van der Waals surface area contributed by atoms with Crippen LogP contribution in [0.3, 0.4) is 0 Å². The van der Waals surface area contributed by atoms with Gasteiger partial charge in [0.15, 0.2) is 0 Å². The summed E-state index contributed by atoms with van der Waals surface area (Å²) >= 11 is 0. The molecule has 0 N–H and O–H groups in total. The fraction of sp³-hybridized carbons (Fsp3) is 0.923. The number of urea groups is 1. The van der Waals surface area contributed by atoms with Gasteiger partial charge in [-0.1, -0.05) is 26.7 Å². The third kappa shape index (κ3) is 4.42. The maximum absolute atomic E-state index is 12.2. The average molecular weight is 228 g/mol. The number of carbonyl (C=O) groups is 1. The van der Waals surface area contributed by atoms with E-state index in [1.165, 1.54) is 0 Å². The van der Waals surface area contributed by atoms with Crippen molar-refractivity contribution >= 4 is 6.03 Å². The van der Waals surface area contributed by atoms with Gasteiger partial charge in [-0.3, -0.25) is 0 Å². The smallest absolute Gasteiger partial charge is 0.319 e. The molecule has 0 atom stereocenters. The van der Waals surface area contributed by atoms with E-state index in [1.807, 2.05) is 23.6 Å². The Balaban J connectivity index is 4.41. The first-order valence-electron chi connectivity index (χ1n) is 6.68. The Labute approximate surface area is 101 Å². The molecule has 0 fully saturated rings. The summed E-state index contributed by atoms with van der Waals surface area (Å²) in [5.74, 6) is 0.638. The summed E-state index contributed by atoms with van der Waals surface area (Å²) in [4.78, 5) is 16.0. The predicted octanol–water partition coefficient (Wildman–Crippen LogP) is 3.21. The predicted molar refractivity (Wildman–Crippen MR) is 69.6 cm³/mol. The van der Waals surface area contributed by atoms with E-state index in [-0.39, 0.29) is 6.03 Å². The van der Waals surface area contributed by atoms with E-state index in [2.05, 4.69) is 20.8 Å². The van der Waals surface area contributed by atoms with Gasteiger partial charge in [0.05, 0.1) is 0 Å². The first-order valence-corrected chi connectivity index (χ1v) is 6.68. The summed E-state index contributed by atoms with van der Waals surface area (Å²) in [7, 11) is 0. The van der Waals surface area contributed by atoms with Gasteiger partial charge >= 0.3 is 6.03 Å². The van der Waals surface area contributed by atoms with Crippen LogP contribution in [0.4, 0.5) is 4.79 Å². The quantitative estimate of drug-likeness (QED) is 0.656. The van der Waals surface area contributed by atoms with Crippen LogP contribution in [0.5, 0.6) is 0 Å². The van der Waals surface area contributed by atoms with Crippen molar-refractivity contribution in [1.82, 2.24) is 9.80 Å². The maximum atomic E-state index is 12.2. The highest BCUT2D eigenvalue weighted by atomic mass is 16.2. The fourth-order valence-corrected chi connectivity index (χ4v) is 1.90. The summed E-state index contributed by atoms with van der Waals surface area (Å²) in [6.45, 7) is 13.8.